The highest BCUT2D eigenvalue weighted by Gasteiger charge is 2.30. The molecular formula is C22H24F2N6O. The van der Waals surface area contributed by atoms with E-state index in [9.17, 15) is 13.6 Å². The minimum atomic E-state index is -0.461. The van der Waals surface area contributed by atoms with Crippen molar-refractivity contribution in [3.05, 3.63) is 70.1 Å². The SMILES string of the molecule is CN=C(N=CN)C1CNc2cc(F)cc3c(=O)n(C(C)C)nc1c23.Fc1ccccc1. The number of rotatable bonds is 2. The molecule has 0 aliphatic carbocycles. The van der Waals surface area contributed by atoms with Crippen molar-refractivity contribution >= 4 is 28.6 Å². The van der Waals surface area contributed by atoms with E-state index in [2.05, 4.69) is 20.4 Å². The molecule has 1 unspecified atom stereocenters. The van der Waals surface area contributed by atoms with Gasteiger partial charge in [-0.05, 0) is 38.1 Å². The van der Waals surface area contributed by atoms with Gasteiger partial charge in [-0.2, -0.15) is 5.10 Å². The van der Waals surface area contributed by atoms with Gasteiger partial charge in [0.15, 0.2) is 0 Å². The monoisotopic (exact) mass is 426 g/mol. The van der Waals surface area contributed by atoms with Crippen LogP contribution in [0.4, 0.5) is 14.5 Å². The maximum absolute atomic E-state index is 13.9. The quantitative estimate of drug-likeness (QED) is 0.484. The first kappa shape index (κ1) is 22.1. The highest BCUT2D eigenvalue weighted by atomic mass is 19.1. The van der Waals surface area contributed by atoms with Gasteiger partial charge < -0.3 is 11.1 Å². The van der Waals surface area contributed by atoms with Crippen LogP contribution in [0.3, 0.4) is 0 Å². The Balaban J connectivity index is 0.000000330. The Morgan fingerprint density at radius 2 is 1.97 bits per heavy atom. The van der Waals surface area contributed by atoms with Crippen molar-refractivity contribution in [2.45, 2.75) is 25.8 Å². The lowest BCUT2D eigenvalue weighted by atomic mass is 9.93. The number of hydrogen-bond acceptors (Lipinski definition) is 4. The smallest absolute Gasteiger partial charge is 0.275 e. The molecule has 0 spiro atoms. The molecular weight excluding hydrogens is 402 g/mol. The molecule has 9 heteroatoms. The normalized spacial score (nSPS) is 15.7. The molecule has 31 heavy (non-hydrogen) atoms. The molecule has 0 saturated carbocycles. The summed E-state index contributed by atoms with van der Waals surface area (Å²) in [7, 11) is 1.62. The molecule has 2 aromatic carbocycles. The second kappa shape index (κ2) is 9.46. The number of anilines is 1. The lowest BCUT2D eigenvalue weighted by Crippen LogP contribution is -2.33. The summed E-state index contributed by atoms with van der Waals surface area (Å²) in [5.41, 5.74) is 6.30. The Bertz CT molecular complexity index is 1190. The van der Waals surface area contributed by atoms with Gasteiger partial charge in [0.2, 0.25) is 0 Å². The van der Waals surface area contributed by atoms with Crippen LogP contribution in [-0.2, 0) is 0 Å². The van der Waals surface area contributed by atoms with Crippen LogP contribution in [-0.4, -0.2) is 35.5 Å². The molecule has 0 radical (unpaired) electrons. The van der Waals surface area contributed by atoms with E-state index in [1.807, 2.05) is 13.8 Å². The number of halogens is 2. The molecule has 1 atom stereocenters. The van der Waals surface area contributed by atoms with Crippen molar-refractivity contribution in [3.63, 3.8) is 0 Å². The van der Waals surface area contributed by atoms with E-state index in [-0.39, 0.29) is 23.3 Å². The minimum Gasteiger partial charge on any atom is -0.390 e. The standard InChI is InChI=1S/C16H19FN6O.C6H5F/c1-8(2)23-16(24)10-4-9(17)5-12-13(10)14(22-23)11(6-20-12)15(19-3)21-7-18;7-6-4-2-1-3-5-6/h4-5,7-8,11,20H,6H2,1-3H3,(H2,18,19,21);1-5H. The van der Waals surface area contributed by atoms with E-state index in [0.29, 0.717) is 34.5 Å². The Kier molecular flexibility index (Phi) is 6.74. The fourth-order valence-electron chi connectivity index (χ4n) is 3.44. The fourth-order valence-corrected chi connectivity index (χ4v) is 3.44. The predicted octanol–water partition coefficient (Wildman–Crippen LogP) is 3.47. The molecule has 0 amide bonds. The third-order valence-corrected chi connectivity index (χ3v) is 4.81. The van der Waals surface area contributed by atoms with Crippen molar-refractivity contribution in [3.8, 4) is 0 Å². The zero-order valence-corrected chi connectivity index (χ0v) is 17.5. The predicted molar refractivity (Wildman–Crippen MR) is 120 cm³/mol. The number of nitrogens with one attached hydrogen (secondary N) is 1. The Hall–Kier alpha value is -3.62. The van der Waals surface area contributed by atoms with Gasteiger partial charge >= 0.3 is 0 Å². The number of nitrogens with two attached hydrogens (primary N) is 1. The zero-order valence-electron chi connectivity index (χ0n) is 17.5. The van der Waals surface area contributed by atoms with Gasteiger partial charge in [0, 0.05) is 24.7 Å². The van der Waals surface area contributed by atoms with Gasteiger partial charge in [0.25, 0.3) is 5.56 Å². The lowest BCUT2D eigenvalue weighted by molar-refractivity contribution is 0.496. The summed E-state index contributed by atoms with van der Waals surface area (Å²) in [5.74, 6) is -0.413. The average Bonchev–Trinajstić information content (AvgIpc) is 2.75. The van der Waals surface area contributed by atoms with E-state index in [0.717, 1.165) is 0 Å². The topological polar surface area (TPSA) is 97.7 Å². The molecule has 162 valence electrons. The average molecular weight is 426 g/mol. The van der Waals surface area contributed by atoms with Gasteiger partial charge in [-0.15, -0.1) is 0 Å². The number of aromatic nitrogens is 2. The van der Waals surface area contributed by atoms with Gasteiger partial charge in [-0.3, -0.25) is 9.79 Å². The molecule has 0 saturated heterocycles. The number of hydrogen-bond donors (Lipinski definition) is 2. The van der Waals surface area contributed by atoms with E-state index < -0.39 is 5.82 Å². The zero-order chi connectivity index (χ0) is 22.5. The largest absolute Gasteiger partial charge is 0.390 e. The van der Waals surface area contributed by atoms with Crippen LogP contribution in [0.15, 0.2) is 57.2 Å². The van der Waals surface area contributed by atoms with Crippen LogP contribution >= 0.6 is 0 Å². The molecule has 0 fully saturated rings. The molecule has 3 aromatic rings. The number of amidine groups is 1. The Morgan fingerprint density at radius 1 is 1.26 bits per heavy atom. The summed E-state index contributed by atoms with van der Waals surface area (Å²) in [6, 6.07) is 10.4. The lowest BCUT2D eigenvalue weighted by Gasteiger charge is -2.27. The molecule has 1 aromatic heterocycles. The first-order valence-corrected chi connectivity index (χ1v) is 9.78. The highest BCUT2D eigenvalue weighted by Crippen LogP contribution is 2.35. The second-order valence-electron chi connectivity index (χ2n) is 7.19. The highest BCUT2D eigenvalue weighted by molar-refractivity contribution is 6.03. The molecule has 3 N–H and O–H groups in total. The van der Waals surface area contributed by atoms with Crippen molar-refractivity contribution in [1.29, 1.82) is 0 Å². The van der Waals surface area contributed by atoms with Gasteiger partial charge in [-0.1, -0.05) is 18.2 Å². The second-order valence-corrected chi connectivity index (χ2v) is 7.19. The maximum atomic E-state index is 13.9. The van der Waals surface area contributed by atoms with E-state index in [4.69, 9.17) is 5.73 Å². The van der Waals surface area contributed by atoms with Gasteiger partial charge in [0.1, 0.15) is 17.5 Å². The summed E-state index contributed by atoms with van der Waals surface area (Å²) < 4.78 is 27.2. The van der Waals surface area contributed by atoms with Crippen molar-refractivity contribution < 1.29 is 8.78 Å². The Labute approximate surface area is 178 Å². The molecule has 0 bridgehead atoms. The van der Waals surface area contributed by atoms with Crippen molar-refractivity contribution in [1.82, 2.24) is 9.78 Å². The minimum absolute atomic E-state index is 0.152. The van der Waals surface area contributed by atoms with Crippen LogP contribution in [0.1, 0.15) is 31.5 Å². The Morgan fingerprint density at radius 3 is 2.52 bits per heavy atom. The first-order valence-electron chi connectivity index (χ1n) is 9.78. The van der Waals surface area contributed by atoms with Gasteiger partial charge in [-0.25, -0.2) is 18.5 Å². The molecule has 2 heterocycles. The fraction of sp³-hybridized carbons (Fsp3) is 0.273. The third-order valence-electron chi connectivity index (χ3n) is 4.81. The number of benzene rings is 2. The van der Waals surface area contributed by atoms with Crippen LogP contribution in [0.25, 0.3) is 10.8 Å². The molecule has 1 aliphatic rings. The van der Waals surface area contributed by atoms with E-state index in [1.165, 1.54) is 35.3 Å². The summed E-state index contributed by atoms with van der Waals surface area (Å²) in [6.45, 7) is 4.16. The van der Waals surface area contributed by atoms with E-state index >= 15 is 0 Å². The van der Waals surface area contributed by atoms with E-state index in [1.54, 1.807) is 25.2 Å². The van der Waals surface area contributed by atoms with Gasteiger partial charge in [0.05, 0.1) is 29.4 Å². The molecule has 1 aliphatic heterocycles. The van der Waals surface area contributed by atoms with Crippen LogP contribution in [0.2, 0.25) is 0 Å². The first-order chi connectivity index (χ1) is 14.9. The van der Waals surface area contributed by atoms with Crippen molar-refractivity contribution in [2.75, 3.05) is 18.9 Å². The van der Waals surface area contributed by atoms with Crippen LogP contribution < -0.4 is 16.6 Å². The third kappa shape index (κ3) is 4.60. The number of aliphatic imine (C=N–C) groups is 2. The summed E-state index contributed by atoms with van der Waals surface area (Å²) >= 11 is 0. The summed E-state index contributed by atoms with van der Waals surface area (Å²) in [6.07, 6.45) is 1.18. The van der Waals surface area contributed by atoms with Crippen LogP contribution in [0, 0.1) is 11.6 Å². The maximum Gasteiger partial charge on any atom is 0.275 e. The summed E-state index contributed by atoms with van der Waals surface area (Å²) in [5, 5.41) is 8.60. The molecule has 4 rings (SSSR count). The van der Waals surface area contributed by atoms with Crippen molar-refractivity contribution in [2.24, 2.45) is 15.7 Å². The molecule has 7 nitrogen and oxygen atoms in total. The summed E-state index contributed by atoms with van der Waals surface area (Å²) in [4.78, 5) is 20.9. The van der Waals surface area contributed by atoms with Crippen LogP contribution in [0.5, 0.6) is 0 Å². The number of nitrogens with zero attached hydrogens (tertiary/aromatic N) is 4.